The number of benzene rings is 2. The lowest BCUT2D eigenvalue weighted by Crippen LogP contribution is -2.39. The first kappa shape index (κ1) is 17.1. The number of rotatable bonds is 4. The zero-order valence-electron chi connectivity index (χ0n) is 14.2. The lowest BCUT2D eigenvalue weighted by Gasteiger charge is -2.34. The molecule has 1 aliphatic heterocycles. The fourth-order valence-corrected chi connectivity index (χ4v) is 3.35. The second-order valence-electron chi connectivity index (χ2n) is 6.38. The number of aromatic amines is 1. The summed E-state index contributed by atoms with van der Waals surface area (Å²) >= 11 is 5.97. The van der Waals surface area contributed by atoms with Crippen LogP contribution >= 0.6 is 11.6 Å². The molecule has 134 valence electrons. The monoisotopic (exact) mass is 369 g/mol. The molecule has 2 heterocycles. The van der Waals surface area contributed by atoms with Gasteiger partial charge in [0.2, 0.25) is 0 Å². The molecule has 2 N–H and O–H groups in total. The van der Waals surface area contributed by atoms with Crippen molar-refractivity contribution in [3.8, 4) is 17.0 Å². The molecule has 1 fully saturated rings. The van der Waals surface area contributed by atoms with Crippen LogP contribution < -0.4 is 0 Å². The van der Waals surface area contributed by atoms with Crippen molar-refractivity contribution in [1.82, 2.24) is 14.9 Å². The van der Waals surface area contributed by atoms with E-state index in [9.17, 15) is 5.11 Å². The van der Waals surface area contributed by atoms with Gasteiger partial charge in [-0.1, -0.05) is 41.9 Å². The van der Waals surface area contributed by atoms with Gasteiger partial charge in [-0.25, -0.2) is 4.98 Å². The molecule has 2 aromatic carbocycles. The molecule has 3 aromatic rings. The first-order chi connectivity index (χ1) is 12.7. The number of nitrogens with one attached hydrogen (secondary N) is 1. The van der Waals surface area contributed by atoms with Gasteiger partial charge >= 0.3 is 0 Å². The molecule has 1 aromatic heterocycles. The molecule has 1 atom stereocenters. The minimum absolute atomic E-state index is 0.0180. The quantitative estimate of drug-likeness (QED) is 0.729. The third-order valence-electron chi connectivity index (χ3n) is 4.67. The predicted molar refractivity (Wildman–Crippen MR) is 101 cm³/mol. The van der Waals surface area contributed by atoms with Gasteiger partial charge in [0, 0.05) is 23.7 Å². The van der Waals surface area contributed by atoms with Crippen molar-refractivity contribution in [2.24, 2.45) is 0 Å². The van der Waals surface area contributed by atoms with Crippen LogP contribution in [0.2, 0.25) is 5.02 Å². The summed E-state index contributed by atoms with van der Waals surface area (Å²) in [4.78, 5) is 10.3. The Morgan fingerprint density at radius 3 is 2.81 bits per heavy atom. The molecule has 6 heteroatoms. The number of para-hydroxylation sites is 1. The van der Waals surface area contributed by atoms with Crippen LogP contribution in [-0.2, 0) is 11.3 Å². The molecular formula is C20H20ClN3O2. The van der Waals surface area contributed by atoms with Gasteiger partial charge in [-0.3, -0.25) is 4.90 Å². The maximum absolute atomic E-state index is 10.1. The van der Waals surface area contributed by atoms with E-state index in [2.05, 4.69) is 14.9 Å². The molecule has 0 radical (unpaired) electrons. The SMILES string of the molecule is Oc1ccccc1CN1CCOC[C@H]1c1ncc(-c2ccc(Cl)cc2)[nH]1. The van der Waals surface area contributed by atoms with Crippen LogP contribution in [0.5, 0.6) is 5.75 Å². The normalized spacial score (nSPS) is 18.1. The Morgan fingerprint density at radius 1 is 1.19 bits per heavy atom. The van der Waals surface area contributed by atoms with Gasteiger partial charge in [-0.05, 0) is 23.8 Å². The van der Waals surface area contributed by atoms with Crippen molar-refractivity contribution in [2.45, 2.75) is 12.6 Å². The Kier molecular flexibility index (Phi) is 4.93. The van der Waals surface area contributed by atoms with Crippen molar-refractivity contribution in [2.75, 3.05) is 19.8 Å². The highest BCUT2D eigenvalue weighted by Crippen LogP contribution is 2.28. The molecule has 26 heavy (non-hydrogen) atoms. The van der Waals surface area contributed by atoms with Gasteiger partial charge in [-0.15, -0.1) is 0 Å². The third kappa shape index (κ3) is 3.60. The molecule has 4 rings (SSSR count). The standard InChI is InChI=1S/C20H20ClN3O2/c21-16-7-5-14(6-8-16)17-11-22-20(23-17)18-13-26-10-9-24(18)12-15-3-1-2-4-19(15)25/h1-8,11,18,25H,9-10,12-13H2,(H,22,23)/t18-/m0/s1. The van der Waals surface area contributed by atoms with Crippen LogP contribution in [0.25, 0.3) is 11.3 Å². The summed E-state index contributed by atoms with van der Waals surface area (Å²) in [6.45, 7) is 2.68. The summed E-state index contributed by atoms with van der Waals surface area (Å²) in [7, 11) is 0. The van der Waals surface area contributed by atoms with E-state index in [0.717, 1.165) is 29.2 Å². The molecule has 0 spiro atoms. The zero-order valence-corrected chi connectivity index (χ0v) is 15.0. The molecule has 1 aliphatic rings. The molecule has 0 aliphatic carbocycles. The minimum Gasteiger partial charge on any atom is -0.508 e. The van der Waals surface area contributed by atoms with Crippen LogP contribution in [0, 0.1) is 0 Å². The fraction of sp³-hybridized carbons (Fsp3) is 0.250. The predicted octanol–water partition coefficient (Wildman–Crippen LogP) is 4.01. The number of nitrogens with zero attached hydrogens (tertiary/aromatic N) is 2. The number of hydrogen-bond donors (Lipinski definition) is 2. The van der Waals surface area contributed by atoms with Crippen LogP contribution in [-0.4, -0.2) is 39.7 Å². The number of H-pyrrole nitrogens is 1. The maximum atomic E-state index is 10.1. The lowest BCUT2D eigenvalue weighted by atomic mass is 10.1. The van der Waals surface area contributed by atoms with Gasteiger partial charge in [0.1, 0.15) is 11.6 Å². The number of morpholine rings is 1. The number of phenols is 1. The van der Waals surface area contributed by atoms with Crippen molar-refractivity contribution in [3.05, 3.63) is 71.1 Å². The number of ether oxygens (including phenoxy) is 1. The van der Waals surface area contributed by atoms with E-state index in [1.54, 1.807) is 6.07 Å². The van der Waals surface area contributed by atoms with Gasteiger partial charge in [-0.2, -0.15) is 0 Å². The average molecular weight is 370 g/mol. The highest BCUT2D eigenvalue weighted by molar-refractivity contribution is 6.30. The summed E-state index contributed by atoms with van der Waals surface area (Å²) in [5.41, 5.74) is 2.89. The molecule has 0 amide bonds. The van der Waals surface area contributed by atoms with Crippen LogP contribution in [0.1, 0.15) is 17.4 Å². The Morgan fingerprint density at radius 2 is 2.00 bits per heavy atom. The van der Waals surface area contributed by atoms with Gasteiger partial charge in [0.15, 0.2) is 0 Å². The second-order valence-corrected chi connectivity index (χ2v) is 6.82. The van der Waals surface area contributed by atoms with Crippen molar-refractivity contribution < 1.29 is 9.84 Å². The number of phenolic OH excluding ortho intramolecular Hbond substituents is 1. The van der Waals surface area contributed by atoms with Gasteiger partial charge < -0.3 is 14.8 Å². The van der Waals surface area contributed by atoms with Crippen LogP contribution in [0.3, 0.4) is 0 Å². The maximum Gasteiger partial charge on any atom is 0.126 e. The molecule has 5 nitrogen and oxygen atoms in total. The fourth-order valence-electron chi connectivity index (χ4n) is 3.22. The van der Waals surface area contributed by atoms with E-state index < -0.39 is 0 Å². The molecule has 0 bridgehead atoms. The van der Waals surface area contributed by atoms with Crippen LogP contribution in [0.15, 0.2) is 54.7 Å². The van der Waals surface area contributed by atoms with E-state index in [1.807, 2.05) is 48.7 Å². The van der Waals surface area contributed by atoms with E-state index >= 15 is 0 Å². The molecule has 0 unspecified atom stereocenters. The summed E-state index contributed by atoms with van der Waals surface area (Å²) in [6, 6.07) is 15.1. The topological polar surface area (TPSA) is 61.4 Å². The number of imidazole rings is 1. The Labute approximate surface area is 157 Å². The van der Waals surface area contributed by atoms with Crippen molar-refractivity contribution in [1.29, 1.82) is 0 Å². The third-order valence-corrected chi connectivity index (χ3v) is 4.92. The molecular weight excluding hydrogens is 350 g/mol. The Bertz CT molecular complexity index is 879. The Hall–Kier alpha value is -2.34. The molecule has 1 saturated heterocycles. The first-order valence-corrected chi connectivity index (χ1v) is 8.98. The summed E-state index contributed by atoms with van der Waals surface area (Å²) in [6.07, 6.45) is 1.84. The zero-order chi connectivity index (χ0) is 17.9. The van der Waals surface area contributed by atoms with Gasteiger partial charge in [0.25, 0.3) is 0 Å². The van der Waals surface area contributed by atoms with Crippen molar-refractivity contribution >= 4 is 11.6 Å². The highest BCUT2D eigenvalue weighted by Gasteiger charge is 2.27. The van der Waals surface area contributed by atoms with Gasteiger partial charge in [0.05, 0.1) is 31.1 Å². The van der Waals surface area contributed by atoms with E-state index in [0.29, 0.717) is 30.5 Å². The van der Waals surface area contributed by atoms with Crippen molar-refractivity contribution in [3.63, 3.8) is 0 Å². The minimum atomic E-state index is 0.0180. The average Bonchev–Trinajstić information content (AvgIpc) is 3.15. The van der Waals surface area contributed by atoms with E-state index in [4.69, 9.17) is 16.3 Å². The first-order valence-electron chi connectivity index (χ1n) is 8.60. The smallest absolute Gasteiger partial charge is 0.126 e. The highest BCUT2D eigenvalue weighted by atomic mass is 35.5. The number of aromatic hydroxyl groups is 1. The second kappa shape index (κ2) is 7.50. The molecule has 0 saturated carbocycles. The summed E-state index contributed by atoms with van der Waals surface area (Å²) < 4.78 is 5.68. The number of halogens is 1. The van der Waals surface area contributed by atoms with E-state index in [1.165, 1.54) is 0 Å². The number of hydrogen-bond acceptors (Lipinski definition) is 4. The summed E-state index contributed by atoms with van der Waals surface area (Å²) in [5.74, 6) is 1.18. The lowest BCUT2D eigenvalue weighted by molar-refractivity contribution is -0.0158. The summed E-state index contributed by atoms with van der Waals surface area (Å²) in [5, 5.41) is 10.8. The van der Waals surface area contributed by atoms with Crippen LogP contribution in [0.4, 0.5) is 0 Å². The number of aromatic nitrogens is 2. The Balaban J connectivity index is 1.57. The largest absolute Gasteiger partial charge is 0.508 e. The van der Waals surface area contributed by atoms with E-state index in [-0.39, 0.29) is 6.04 Å².